The summed E-state index contributed by atoms with van der Waals surface area (Å²) in [5.74, 6) is 1.07. The fourth-order valence-electron chi connectivity index (χ4n) is 3.05. The highest BCUT2D eigenvalue weighted by molar-refractivity contribution is 5.88. The molecule has 0 bridgehead atoms. The monoisotopic (exact) mass is 360 g/mol. The molecule has 0 radical (unpaired) electrons. The zero-order chi connectivity index (χ0) is 18.7. The second-order valence-corrected chi connectivity index (χ2v) is 7.91. The molecule has 0 saturated heterocycles. The average molecular weight is 360 g/mol. The molecule has 9 nitrogen and oxygen atoms in total. The molecular formula is C17H28N8O. The summed E-state index contributed by atoms with van der Waals surface area (Å²) in [7, 11) is 0. The number of nitrogens with one attached hydrogen (secondary N) is 2. The van der Waals surface area contributed by atoms with Gasteiger partial charge in [-0.3, -0.25) is 10.00 Å². The summed E-state index contributed by atoms with van der Waals surface area (Å²) in [6.07, 6.45) is 8.12. The first-order valence-electron chi connectivity index (χ1n) is 9.23. The molecule has 1 aliphatic carbocycles. The largest absolute Gasteiger partial charge is 0.330 e. The highest BCUT2D eigenvalue weighted by Gasteiger charge is 2.19. The van der Waals surface area contributed by atoms with E-state index in [2.05, 4.69) is 31.1 Å². The number of rotatable bonds is 4. The molecular weight excluding hydrogens is 332 g/mol. The van der Waals surface area contributed by atoms with E-state index in [-0.39, 0.29) is 18.1 Å². The van der Waals surface area contributed by atoms with Crippen LogP contribution in [0.15, 0.2) is 6.20 Å². The second kappa shape index (κ2) is 7.43. The Kier molecular flexibility index (Phi) is 5.24. The van der Waals surface area contributed by atoms with Crippen molar-refractivity contribution in [3.05, 3.63) is 17.6 Å². The van der Waals surface area contributed by atoms with Crippen LogP contribution in [0, 0.1) is 6.92 Å². The number of hydrogen-bond acceptors (Lipinski definition) is 5. The normalized spacial score (nSPS) is 15.8. The topological polar surface area (TPSA) is 103 Å². The third-order valence-electron chi connectivity index (χ3n) is 4.56. The third-order valence-corrected chi connectivity index (χ3v) is 4.56. The van der Waals surface area contributed by atoms with Gasteiger partial charge in [-0.15, -0.1) is 10.2 Å². The van der Waals surface area contributed by atoms with E-state index in [4.69, 9.17) is 0 Å². The van der Waals surface area contributed by atoms with E-state index in [1.54, 1.807) is 0 Å². The lowest BCUT2D eigenvalue weighted by Gasteiger charge is -2.21. The minimum absolute atomic E-state index is 0.213. The van der Waals surface area contributed by atoms with Crippen LogP contribution in [-0.4, -0.2) is 36.0 Å². The van der Waals surface area contributed by atoms with Gasteiger partial charge in [-0.1, -0.05) is 19.3 Å². The van der Waals surface area contributed by atoms with E-state index in [9.17, 15) is 4.79 Å². The summed E-state index contributed by atoms with van der Waals surface area (Å²) in [5, 5.41) is 22.4. The Labute approximate surface area is 153 Å². The van der Waals surface area contributed by atoms with E-state index < -0.39 is 0 Å². The van der Waals surface area contributed by atoms with Crippen molar-refractivity contribution in [1.29, 1.82) is 0 Å². The molecule has 0 spiro atoms. The van der Waals surface area contributed by atoms with Gasteiger partial charge in [0.1, 0.15) is 0 Å². The molecule has 0 unspecified atom stereocenters. The van der Waals surface area contributed by atoms with Crippen molar-refractivity contribution in [2.24, 2.45) is 0 Å². The van der Waals surface area contributed by atoms with E-state index in [0.29, 0.717) is 17.7 Å². The molecule has 0 aliphatic heterocycles. The molecule has 1 aliphatic rings. The Morgan fingerprint density at radius 2 is 1.96 bits per heavy atom. The zero-order valence-electron chi connectivity index (χ0n) is 16.0. The number of anilines is 1. The Balaban J connectivity index is 1.55. The number of hydrogen-bond donors (Lipinski definition) is 2. The van der Waals surface area contributed by atoms with Gasteiger partial charge in [0.15, 0.2) is 11.6 Å². The minimum Gasteiger partial charge on any atom is -0.330 e. The van der Waals surface area contributed by atoms with E-state index >= 15 is 0 Å². The first-order chi connectivity index (χ1) is 12.3. The lowest BCUT2D eigenvalue weighted by atomic mass is 9.96. The molecule has 2 aromatic heterocycles. The fourth-order valence-corrected chi connectivity index (χ4v) is 3.05. The zero-order valence-corrected chi connectivity index (χ0v) is 16.0. The molecule has 26 heavy (non-hydrogen) atoms. The van der Waals surface area contributed by atoms with E-state index in [1.807, 2.05) is 38.6 Å². The van der Waals surface area contributed by atoms with Crippen LogP contribution in [-0.2, 0) is 12.1 Å². The van der Waals surface area contributed by atoms with Crippen molar-refractivity contribution in [1.82, 2.24) is 35.3 Å². The van der Waals surface area contributed by atoms with Crippen LogP contribution in [0.25, 0.3) is 0 Å². The van der Waals surface area contributed by atoms with Crippen LogP contribution in [0.2, 0.25) is 0 Å². The van der Waals surface area contributed by atoms with Gasteiger partial charge in [-0.2, -0.15) is 9.90 Å². The number of carbonyl (C=O) groups is 1. The van der Waals surface area contributed by atoms with Crippen molar-refractivity contribution >= 4 is 11.8 Å². The van der Waals surface area contributed by atoms with Gasteiger partial charge < -0.3 is 5.32 Å². The quantitative estimate of drug-likeness (QED) is 0.873. The van der Waals surface area contributed by atoms with Crippen LogP contribution in [0.5, 0.6) is 0 Å². The van der Waals surface area contributed by atoms with Crippen molar-refractivity contribution in [3.63, 3.8) is 0 Å². The maximum Gasteiger partial charge on any atom is 0.320 e. The first kappa shape index (κ1) is 18.3. The Morgan fingerprint density at radius 1 is 1.23 bits per heavy atom. The van der Waals surface area contributed by atoms with Crippen LogP contribution >= 0.6 is 0 Å². The van der Waals surface area contributed by atoms with Gasteiger partial charge in [0.05, 0.1) is 18.1 Å². The molecule has 1 saturated carbocycles. The van der Waals surface area contributed by atoms with Gasteiger partial charge >= 0.3 is 6.03 Å². The summed E-state index contributed by atoms with van der Waals surface area (Å²) in [6, 6.07) is 0.117. The fraction of sp³-hybridized carbons (Fsp3) is 0.706. The van der Waals surface area contributed by atoms with Crippen molar-refractivity contribution in [2.45, 2.75) is 77.9 Å². The molecule has 2 aromatic rings. The summed E-state index contributed by atoms with van der Waals surface area (Å²) in [5.41, 5.74) is 0.721. The molecule has 2 amide bonds. The maximum absolute atomic E-state index is 12.2. The Hall–Kier alpha value is -2.45. The van der Waals surface area contributed by atoms with Gasteiger partial charge in [0.2, 0.25) is 0 Å². The number of urea groups is 1. The molecule has 1 fully saturated rings. The highest BCUT2D eigenvalue weighted by atomic mass is 16.2. The lowest BCUT2D eigenvalue weighted by molar-refractivity contribution is 0.251. The molecule has 0 atom stereocenters. The predicted molar refractivity (Wildman–Crippen MR) is 97.8 cm³/mol. The summed E-state index contributed by atoms with van der Waals surface area (Å²) in [4.78, 5) is 13.7. The van der Waals surface area contributed by atoms with Crippen LogP contribution < -0.4 is 10.6 Å². The minimum atomic E-state index is -0.325. The van der Waals surface area contributed by atoms with Gasteiger partial charge in [-0.25, -0.2) is 4.79 Å². The Bertz CT molecular complexity index is 751. The molecule has 2 heterocycles. The summed E-state index contributed by atoms with van der Waals surface area (Å²) < 4.78 is 2.00. The van der Waals surface area contributed by atoms with Crippen LogP contribution in [0.3, 0.4) is 0 Å². The van der Waals surface area contributed by atoms with Gasteiger partial charge in [0, 0.05) is 11.8 Å². The third kappa shape index (κ3) is 4.39. The second-order valence-electron chi connectivity index (χ2n) is 7.91. The lowest BCUT2D eigenvalue weighted by Crippen LogP contribution is -2.29. The maximum atomic E-state index is 12.2. The molecule has 2 N–H and O–H groups in total. The number of aryl methyl sites for hydroxylation is 1. The van der Waals surface area contributed by atoms with E-state index in [1.165, 1.54) is 24.1 Å². The van der Waals surface area contributed by atoms with Crippen molar-refractivity contribution in [2.75, 3.05) is 5.32 Å². The van der Waals surface area contributed by atoms with E-state index in [0.717, 1.165) is 18.4 Å². The standard InChI is InChI=1S/C17H28N8O/c1-12-11-24(13-8-6-5-7-9-13)22-15(12)19-16(26)18-10-14-20-23-25(21-14)17(2,3)4/h11,13H,5-10H2,1-4H3,(H2,18,19,22,26). The SMILES string of the molecule is Cc1cn(C2CCCCC2)nc1NC(=O)NCc1nnn(C(C)(C)C)n1. The number of tetrazole rings is 1. The summed E-state index contributed by atoms with van der Waals surface area (Å²) >= 11 is 0. The number of nitrogens with zero attached hydrogens (tertiary/aromatic N) is 6. The van der Waals surface area contributed by atoms with Crippen LogP contribution in [0.1, 0.15) is 70.3 Å². The predicted octanol–water partition coefficient (Wildman–Crippen LogP) is 2.76. The van der Waals surface area contributed by atoms with Gasteiger partial charge in [0.25, 0.3) is 0 Å². The Morgan fingerprint density at radius 3 is 2.62 bits per heavy atom. The molecule has 0 aromatic carbocycles. The average Bonchev–Trinajstić information content (AvgIpc) is 3.21. The van der Waals surface area contributed by atoms with Crippen molar-refractivity contribution < 1.29 is 4.79 Å². The molecule has 142 valence electrons. The molecule has 3 rings (SSSR count). The smallest absolute Gasteiger partial charge is 0.320 e. The van der Waals surface area contributed by atoms with Crippen molar-refractivity contribution in [3.8, 4) is 0 Å². The summed E-state index contributed by atoms with van der Waals surface area (Å²) in [6.45, 7) is 8.14. The number of carbonyl (C=O) groups excluding carboxylic acids is 1. The van der Waals surface area contributed by atoms with Crippen LogP contribution in [0.4, 0.5) is 10.6 Å². The molecule has 9 heteroatoms. The van der Waals surface area contributed by atoms with Gasteiger partial charge in [-0.05, 0) is 45.7 Å². The highest BCUT2D eigenvalue weighted by Crippen LogP contribution is 2.28. The number of amides is 2. The number of aromatic nitrogens is 6. The first-order valence-corrected chi connectivity index (χ1v) is 9.23.